The molecule has 0 bridgehead atoms. The van der Waals surface area contributed by atoms with Gasteiger partial charge in [-0.2, -0.15) is 8.42 Å². The molecule has 0 heterocycles. The van der Waals surface area contributed by atoms with E-state index < -0.39 is 28.0 Å². The maximum absolute atomic E-state index is 12.9. The largest absolute Gasteiger partial charge is 0.443 e. The topological polar surface area (TPSA) is 83.9 Å². The Labute approximate surface area is 160 Å². The molecule has 2 rings (SSSR count). The second-order valence-corrected chi connectivity index (χ2v) is 7.63. The summed E-state index contributed by atoms with van der Waals surface area (Å²) < 4.78 is 28.8. The zero-order valence-corrected chi connectivity index (χ0v) is 16.2. The van der Waals surface area contributed by atoms with Crippen LogP contribution in [0, 0.1) is 11.8 Å². The molecule has 1 aromatic carbocycles. The van der Waals surface area contributed by atoms with Crippen molar-refractivity contribution in [2.24, 2.45) is 0 Å². The van der Waals surface area contributed by atoms with E-state index in [0.29, 0.717) is 11.3 Å². The summed E-state index contributed by atoms with van der Waals surface area (Å²) in [5.74, 6) is 5.32. The lowest BCUT2D eigenvalue weighted by molar-refractivity contribution is 0.0579. The smallest absolute Gasteiger partial charge is 0.415 e. The molecule has 1 aliphatic carbocycles. The first-order valence-electron chi connectivity index (χ1n) is 8.26. The SMILES string of the molecule is CC(C)(C)OC(=O)N(c1cccc(C#CCO)c1)C1C=CC=CC1=S(=O)=O. The molecule has 7 heteroatoms. The van der Waals surface area contributed by atoms with Crippen LogP contribution < -0.4 is 4.90 Å². The minimum atomic E-state index is -2.51. The number of hydrogen-bond donors (Lipinski definition) is 1. The van der Waals surface area contributed by atoms with Crippen molar-refractivity contribution in [2.45, 2.75) is 32.4 Å². The number of aliphatic hydroxyl groups excluding tert-OH is 1. The van der Waals surface area contributed by atoms with Crippen LogP contribution in [-0.2, 0) is 15.0 Å². The monoisotopic (exact) mass is 387 g/mol. The molecular formula is C20H21NO5S. The van der Waals surface area contributed by atoms with E-state index in [4.69, 9.17) is 9.84 Å². The zero-order chi connectivity index (χ0) is 20.0. The van der Waals surface area contributed by atoms with Gasteiger partial charge >= 0.3 is 6.09 Å². The molecule has 1 atom stereocenters. The second-order valence-electron chi connectivity index (χ2n) is 6.69. The highest BCUT2D eigenvalue weighted by Gasteiger charge is 2.32. The van der Waals surface area contributed by atoms with Crippen molar-refractivity contribution in [1.82, 2.24) is 0 Å². The number of allylic oxidation sites excluding steroid dienone is 2. The number of anilines is 1. The Balaban J connectivity index is 2.57. The number of carbonyl (C=O) groups is 1. The Hall–Kier alpha value is -2.82. The molecule has 1 amide bonds. The number of amides is 1. The molecule has 0 radical (unpaired) electrons. The van der Waals surface area contributed by atoms with E-state index in [2.05, 4.69) is 11.8 Å². The van der Waals surface area contributed by atoms with Gasteiger partial charge in [-0.15, -0.1) is 0 Å². The molecule has 142 valence electrons. The minimum absolute atomic E-state index is 0.0511. The Bertz CT molecular complexity index is 964. The van der Waals surface area contributed by atoms with E-state index in [9.17, 15) is 13.2 Å². The van der Waals surface area contributed by atoms with Crippen LogP contribution in [0.2, 0.25) is 0 Å². The van der Waals surface area contributed by atoms with Crippen LogP contribution in [0.25, 0.3) is 0 Å². The fraction of sp³-hybridized carbons (Fsp3) is 0.300. The second kappa shape index (κ2) is 8.71. The number of aliphatic hydroxyl groups is 1. The summed E-state index contributed by atoms with van der Waals surface area (Å²) >= 11 is 0. The summed E-state index contributed by atoms with van der Waals surface area (Å²) in [5, 5.41) is 8.87. The Kier molecular flexibility index (Phi) is 6.61. The summed E-state index contributed by atoms with van der Waals surface area (Å²) in [6, 6.07) is 5.90. The van der Waals surface area contributed by atoms with Crippen LogP contribution in [0.5, 0.6) is 0 Å². The highest BCUT2D eigenvalue weighted by Crippen LogP contribution is 2.24. The third kappa shape index (κ3) is 5.58. The summed E-state index contributed by atoms with van der Waals surface area (Å²) in [6.07, 6.45) is 5.65. The maximum Gasteiger partial charge on any atom is 0.415 e. The molecule has 0 aromatic heterocycles. The highest BCUT2D eigenvalue weighted by atomic mass is 32.2. The van der Waals surface area contributed by atoms with Gasteiger partial charge in [0, 0.05) is 11.3 Å². The van der Waals surface area contributed by atoms with E-state index in [1.54, 1.807) is 63.3 Å². The first kappa shape index (κ1) is 20.5. The molecule has 0 spiro atoms. The summed E-state index contributed by atoms with van der Waals surface area (Å²) in [7, 11) is -2.51. The summed E-state index contributed by atoms with van der Waals surface area (Å²) in [5.41, 5.74) is 0.256. The number of carbonyl (C=O) groups excluding carboxylic acids is 1. The van der Waals surface area contributed by atoms with Crippen molar-refractivity contribution in [3.8, 4) is 11.8 Å². The lowest BCUT2D eigenvalue weighted by Gasteiger charge is -2.32. The molecule has 0 fully saturated rings. The van der Waals surface area contributed by atoms with Crippen molar-refractivity contribution in [3.05, 3.63) is 54.1 Å². The first-order chi connectivity index (χ1) is 12.7. The molecule has 27 heavy (non-hydrogen) atoms. The van der Waals surface area contributed by atoms with E-state index in [0.717, 1.165) is 0 Å². The van der Waals surface area contributed by atoms with Crippen LogP contribution in [-0.4, -0.2) is 42.7 Å². The molecule has 1 aromatic rings. The van der Waals surface area contributed by atoms with Crippen molar-refractivity contribution in [2.75, 3.05) is 11.5 Å². The van der Waals surface area contributed by atoms with Crippen LogP contribution in [0.15, 0.2) is 48.6 Å². The molecule has 6 nitrogen and oxygen atoms in total. The van der Waals surface area contributed by atoms with Gasteiger partial charge in [0.2, 0.25) is 10.3 Å². The molecule has 1 N–H and O–H groups in total. The summed E-state index contributed by atoms with van der Waals surface area (Å²) in [6.45, 7) is 4.92. The molecule has 0 saturated carbocycles. The zero-order valence-electron chi connectivity index (χ0n) is 15.3. The molecule has 1 unspecified atom stereocenters. The standard InChI is InChI=1S/C20H21NO5S/c1-20(2,3)26-19(23)21(17-11-4-5-12-18(17)27(24)25)16-10-6-8-15(14-16)9-7-13-22/h4-6,8,10-12,14,17,22H,13H2,1-3H3. The Morgan fingerprint density at radius 3 is 2.67 bits per heavy atom. The van der Waals surface area contributed by atoms with Crippen LogP contribution in [0.1, 0.15) is 26.3 Å². The fourth-order valence-corrected chi connectivity index (χ4v) is 3.02. The van der Waals surface area contributed by atoms with Crippen molar-refractivity contribution < 1.29 is 23.1 Å². The lowest BCUT2D eigenvalue weighted by Crippen LogP contribution is -2.47. The van der Waals surface area contributed by atoms with E-state index in [1.807, 2.05) is 0 Å². The van der Waals surface area contributed by atoms with E-state index >= 15 is 0 Å². The predicted molar refractivity (Wildman–Crippen MR) is 105 cm³/mol. The average Bonchev–Trinajstić information content (AvgIpc) is 2.59. The normalized spacial score (nSPS) is 15.7. The predicted octanol–water partition coefficient (Wildman–Crippen LogP) is 2.32. The Morgan fingerprint density at radius 2 is 2.04 bits per heavy atom. The van der Waals surface area contributed by atoms with Crippen LogP contribution >= 0.6 is 0 Å². The molecular weight excluding hydrogens is 366 g/mol. The van der Waals surface area contributed by atoms with Crippen molar-refractivity contribution in [3.63, 3.8) is 0 Å². The van der Waals surface area contributed by atoms with E-state index in [-0.39, 0.29) is 11.5 Å². The van der Waals surface area contributed by atoms with Gasteiger partial charge in [-0.3, -0.25) is 4.90 Å². The molecule has 0 aliphatic heterocycles. The van der Waals surface area contributed by atoms with Crippen molar-refractivity contribution >= 4 is 26.9 Å². The van der Waals surface area contributed by atoms with Crippen LogP contribution in [0.4, 0.5) is 10.5 Å². The van der Waals surface area contributed by atoms with Gasteiger partial charge < -0.3 is 9.84 Å². The number of ether oxygens (including phenoxy) is 1. The number of hydrogen-bond acceptors (Lipinski definition) is 5. The van der Waals surface area contributed by atoms with Gasteiger partial charge in [-0.05, 0) is 45.0 Å². The van der Waals surface area contributed by atoms with Gasteiger partial charge in [-0.25, -0.2) is 4.79 Å². The van der Waals surface area contributed by atoms with Gasteiger partial charge in [0.1, 0.15) is 12.2 Å². The highest BCUT2D eigenvalue weighted by molar-refractivity contribution is 7.73. The van der Waals surface area contributed by atoms with Crippen LogP contribution in [0.3, 0.4) is 0 Å². The number of benzene rings is 1. The lowest BCUT2D eigenvalue weighted by atomic mass is 10.1. The Morgan fingerprint density at radius 1 is 1.30 bits per heavy atom. The van der Waals surface area contributed by atoms with Crippen molar-refractivity contribution in [1.29, 1.82) is 0 Å². The van der Waals surface area contributed by atoms with Gasteiger partial charge in [0.05, 0.1) is 10.9 Å². The third-order valence-corrected chi connectivity index (χ3v) is 4.22. The molecule has 1 aliphatic rings. The number of nitrogens with zero attached hydrogens (tertiary/aromatic N) is 1. The fourth-order valence-electron chi connectivity index (χ4n) is 2.45. The molecule has 0 saturated heterocycles. The van der Waals surface area contributed by atoms with Gasteiger partial charge in [0.25, 0.3) is 0 Å². The summed E-state index contributed by atoms with van der Waals surface area (Å²) in [4.78, 5) is 14.2. The van der Waals surface area contributed by atoms with E-state index in [1.165, 1.54) is 11.0 Å². The quantitative estimate of drug-likeness (QED) is 0.622. The average molecular weight is 387 g/mol. The van der Waals surface area contributed by atoms with Gasteiger partial charge in [-0.1, -0.05) is 36.1 Å². The minimum Gasteiger partial charge on any atom is -0.443 e. The first-order valence-corrected chi connectivity index (χ1v) is 9.33. The van der Waals surface area contributed by atoms with Gasteiger partial charge in [0.15, 0.2) is 0 Å². The maximum atomic E-state index is 12.9. The number of rotatable bonds is 2. The third-order valence-electron chi connectivity index (χ3n) is 3.45.